The van der Waals surface area contributed by atoms with E-state index >= 15 is 0 Å². The summed E-state index contributed by atoms with van der Waals surface area (Å²) >= 11 is 0. The van der Waals surface area contributed by atoms with Crippen LogP contribution in [0.2, 0.25) is 0 Å². The third-order valence-electron chi connectivity index (χ3n) is 7.20. The first-order valence-electron chi connectivity index (χ1n) is 12.3. The Kier molecular flexibility index (Phi) is 6.68. The smallest absolute Gasteiger partial charge is 0.273 e. The van der Waals surface area contributed by atoms with Crippen LogP contribution in [-0.2, 0) is 17.8 Å². The summed E-state index contributed by atoms with van der Waals surface area (Å²) in [6, 6.07) is 10.4. The van der Waals surface area contributed by atoms with Crippen molar-refractivity contribution >= 4 is 11.8 Å². The lowest BCUT2D eigenvalue weighted by Crippen LogP contribution is -2.65. The average molecular weight is 437 g/mol. The molecule has 1 saturated carbocycles. The average Bonchev–Trinajstić information content (AvgIpc) is 3.19. The zero-order chi connectivity index (χ0) is 22.7. The summed E-state index contributed by atoms with van der Waals surface area (Å²) in [4.78, 5) is 28.6. The van der Waals surface area contributed by atoms with Crippen molar-refractivity contribution in [2.24, 2.45) is 0 Å². The Balaban J connectivity index is 1.58. The van der Waals surface area contributed by atoms with Crippen LogP contribution in [0.1, 0.15) is 81.8 Å². The highest BCUT2D eigenvalue weighted by molar-refractivity contribution is 6.00. The topological polar surface area (TPSA) is 67.2 Å². The second-order valence-corrected chi connectivity index (χ2v) is 9.46. The third-order valence-corrected chi connectivity index (χ3v) is 7.20. The summed E-state index contributed by atoms with van der Waals surface area (Å²) in [5, 5.41) is 8.03. The van der Waals surface area contributed by atoms with Gasteiger partial charge in [0.1, 0.15) is 11.2 Å². The molecule has 1 fully saturated rings. The Morgan fingerprint density at radius 3 is 2.38 bits per heavy atom. The molecule has 2 amide bonds. The van der Waals surface area contributed by atoms with E-state index in [0.29, 0.717) is 18.8 Å². The Labute approximate surface area is 191 Å². The monoisotopic (exact) mass is 436 g/mol. The van der Waals surface area contributed by atoms with E-state index in [1.807, 2.05) is 19.9 Å². The van der Waals surface area contributed by atoms with Gasteiger partial charge in [-0.2, -0.15) is 5.10 Å². The lowest BCUT2D eigenvalue weighted by atomic mass is 9.92. The molecule has 2 aliphatic rings. The van der Waals surface area contributed by atoms with Crippen molar-refractivity contribution in [3.63, 3.8) is 0 Å². The molecule has 172 valence electrons. The van der Waals surface area contributed by atoms with Gasteiger partial charge in [-0.3, -0.25) is 14.3 Å². The van der Waals surface area contributed by atoms with Crippen molar-refractivity contribution in [2.75, 3.05) is 6.54 Å². The maximum absolute atomic E-state index is 13.5. The van der Waals surface area contributed by atoms with E-state index in [9.17, 15) is 9.59 Å². The summed E-state index contributed by atoms with van der Waals surface area (Å²) in [5.41, 5.74) is 2.63. The number of amides is 2. The zero-order valence-electron chi connectivity index (χ0n) is 19.7. The molecule has 1 aliphatic carbocycles. The van der Waals surface area contributed by atoms with Gasteiger partial charge in [0.05, 0.1) is 12.2 Å². The molecule has 1 atom stereocenters. The molecule has 6 heteroatoms. The van der Waals surface area contributed by atoms with E-state index in [4.69, 9.17) is 5.10 Å². The maximum Gasteiger partial charge on any atom is 0.273 e. The number of likely N-dealkylation sites (N-methyl/N-ethyl adjacent to an activating group) is 1. The predicted molar refractivity (Wildman–Crippen MR) is 126 cm³/mol. The van der Waals surface area contributed by atoms with Gasteiger partial charge in [0.15, 0.2) is 0 Å². The van der Waals surface area contributed by atoms with Crippen molar-refractivity contribution in [2.45, 2.75) is 90.3 Å². The van der Waals surface area contributed by atoms with Gasteiger partial charge >= 0.3 is 0 Å². The minimum absolute atomic E-state index is 0.0618. The van der Waals surface area contributed by atoms with Gasteiger partial charge in [-0.25, -0.2) is 0 Å². The number of aromatic nitrogens is 2. The second kappa shape index (κ2) is 9.47. The molecular weight excluding hydrogens is 400 g/mol. The molecule has 1 N–H and O–H groups in total. The van der Waals surface area contributed by atoms with Crippen LogP contribution in [-0.4, -0.2) is 44.6 Å². The number of rotatable bonds is 5. The summed E-state index contributed by atoms with van der Waals surface area (Å²) < 4.78 is 1.73. The fraction of sp³-hybridized carbons (Fsp3) is 0.577. The highest BCUT2D eigenvalue weighted by atomic mass is 16.2. The van der Waals surface area contributed by atoms with E-state index in [1.165, 1.54) is 24.8 Å². The largest absolute Gasteiger partial charge is 0.351 e. The van der Waals surface area contributed by atoms with Crippen LogP contribution in [0.25, 0.3) is 11.3 Å². The molecule has 1 aliphatic heterocycles. The van der Waals surface area contributed by atoms with Crippen LogP contribution in [0, 0.1) is 0 Å². The molecule has 0 spiro atoms. The fourth-order valence-corrected chi connectivity index (χ4v) is 5.13. The van der Waals surface area contributed by atoms with E-state index in [2.05, 4.69) is 36.5 Å². The van der Waals surface area contributed by atoms with Crippen LogP contribution in [0.3, 0.4) is 0 Å². The van der Waals surface area contributed by atoms with E-state index in [-0.39, 0.29) is 17.9 Å². The van der Waals surface area contributed by atoms with Crippen LogP contribution in [0.4, 0.5) is 0 Å². The fourth-order valence-electron chi connectivity index (χ4n) is 5.13. The molecule has 0 saturated heterocycles. The van der Waals surface area contributed by atoms with E-state index < -0.39 is 5.54 Å². The first-order valence-corrected chi connectivity index (χ1v) is 12.3. The van der Waals surface area contributed by atoms with Crippen LogP contribution >= 0.6 is 0 Å². The number of benzene rings is 1. The Morgan fingerprint density at radius 2 is 1.75 bits per heavy atom. The minimum Gasteiger partial charge on any atom is -0.351 e. The van der Waals surface area contributed by atoms with Gasteiger partial charge in [-0.1, -0.05) is 63.3 Å². The molecule has 2 heterocycles. The number of nitrogens with one attached hydrogen (secondary N) is 1. The van der Waals surface area contributed by atoms with Gasteiger partial charge < -0.3 is 10.2 Å². The van der Waals surface area contributed by atoms with Crippen molar-refractivity contribution in [3.05, 3.63) is 41.6 Å². The Hall–Kier alpha value is -2.63. The summed E-state index contributed by atoms with van der Waals surface area (Å²) in [6.07, 6.45) is 9.10. The molecule has 0 unspecified atom stereocenters. The molecule has 0 bridgehead atoms. The normalized spacial score (nSPS) is 22.2. The highest BCUT2D eigenvalue weighted by Crippen LogP contribution is 2.30. The van der Waals surface area contributed by atoms with Gasteiger partial charge in [-0.05, 0) is 44.7 Å². The number of fused-ring (bicyclic) bond motifs is 1. The predicted octanol–water partition coefficient (Wildman–Crippen LogP) is 4.58. The highest BCUT2D eigenvalue weighted by Gasteiger charge is 2.47. The lowest BCUT2D eigenvalue weighted by Gasteiger charge is -2.43. The molecular formula is C26H36N4O2. The molecule has 4 rings (SSSR count). The second-order valence-electron chi connectivity index (χ2n) is 9.46. The van der Waals surface area contributed by atoms with Gasteiger partial charge in [-0.15, -0.1) is 0 Å². The zero-order valence-corrected chi connectivity index (χ0v) is 19.7. The number of carbonyl (C=O) groups excluding carboxylic acids is 2. The first-order chi connectivity index (χ1) is 15.5. The standard InChI is InChI=1S/C26H36N4O2/c1-4-19-13-15-20(16-14-19)22-17-23-24(31)29(5-2)26(3,18-30(23)28-22)25(32)27-21-11-9-7-6-8-10-12-21/h13-17,21H,4-12,18H2,1-3H3,(H,27,32)/t26-/m0/s1. The van der Waals surface area contributed by atoms with Crippen LogP contribution in [0.15, 0.2) is 30.3 Å². The molecule has 6 nitrogen and oxygen atoms in total. The number of hydrogen-bond acceptors (Lipinski definition) is 3. The summed E-state index contributed by atoms with van der Waals surface area (Å²) in [5.74, 6) is -0.189. The quantitative estimate of drug-likeness (QED) is 0.746. The number of carbonyl (C=O) groups is 2. The molecule has 1 aromatic heterocycles. The molecule has 1 aromatic carbocycles. The van der Waals surface area contributed by atoms with Crippen molar-refractivity contribution in [1.29, 1.82) is 0 Å². The van der Waals surface area contributed by atoms with Crippen molar-refractivity contribution < 1.29 is 9.59 Å². The van der Waals surface area contributed by atoms with E-state index in [1.54, 1.807) is 9.58 Å². The maximum atomic E-state index is 13.5. The Morgan fingerprint density at radius 1 is 1.09 bits per heavy atom. The van der Waals surface area contributed by atoms with Crippen molar-refractivity contribution in [1.82, 2.24) is 20.0 Å². The van der Waals surface area contributed by atoms with E-state index in [0.717, 1.165) is 43.4 Å². The Bertz CT molecular complexity index is 957. The first kappa shape index (κ1) is 22.6. The third kappa shape index (κ3) is 4.32. The lowest BCUT2D eigenvalue weighted by molar-refractivity contribution is -0.133. The molecule has 0 radical (unpaired) electrons. The van der Waals surface area contributed by atoms with Gasteiger partial charge in [0, 0.05) is 18.2 Å². The van der Waals surface area contributed by atoms with Crippen LogP contribution in [0.5, 0.6) is 0 Å². The molecule has 2 aromatic rings. The van der Waals surface area contributed by atoms with Gasteiger partial charge in [0.2, 0.25) is 5.91 Å². The number of hydrogen-bond donors (Lipinski definition) is 1. The minimum atomic E-state index is -0.948. The SMILES string of the molecule is CCc1ccc(-c2cc3n(n2)C[C@@](C)(C(=O)NC2CCCCCCC2)N(CC)C3=O)cc1. The molecule has 32 heavy (non-hydrogen) atoms. The van der Waals surface area contributed by atoms with Crippen molar-refractivity contribution in [3.8, 4) is 11.3 Å². The number of aryl methyl sites for hydroxylation is 1. The summed E-state index contributed by atoms with van der Waals surface area (Å²) in [6.45, 7) is 6.81. The van der Waals surface area contributed by atoms with Gasteiger partial charge in [0.25, 0.3) is 5.91 Å². The van der Waals surface area contributed by atoms with Crippen LogP contribution < -0.4 is 5.32 Å². The number of nitrogens with zero attached hydrogens (tertiary/aromatic N) is 3. The summed E-state index contributed by atoms with van der Waals surface area (Å²) in [7, 11) is 0.